The van der Waals surface area contributed by atoms with E-state index in [4.69, 9.17) is 23.7 Å². The molecule has 0 bridgehead atoms. The molecule has 3 aromatic rings. The van der Waals surface area contributed by atoms with Crippen molar-refractivity contribution in [1.29, 1.82) is 0 Å². The third-order valence-corrected chi connectivity index (χ3v) is 8.80. The molecule has 4 aliphatic rings. The van der Waals surface area contributed by atoms with Gasteiger partial charge in [-0.15, -0.1) is 6.58 Å². The molecule has 3 aromatic carbocycles. The Balaban J connectivity index is 0.000000187. The predicted octanol–water partition coefficient (Wildman–Crippen LogP) is 6.37. The summed E-state index contributed by atoms with van der Waals surface area (Å²) in [6, 6.07) is 16.9. The lowest BCUT2D eigenvalue weighted by Gasteiger charge is -2.37. The van der Waals surface area contributed by atoms with E-state index in [2.05, 4.69) is 20.4 Å². The van der Waals surface area contributed by atoms with Crippen molar-refractivity contribution in [3.63, 3.8) is 0 Å². The van der Waals surface area contributed by atoms with E-state index in [-0.39, 0.29) is 35.5 Å². The Morgan fingerprint density at radius 2 is 1.65 bits per heavy atom. The van der Waals surface area contributed by atoms with E-state index in [1.807, 2.05) is 48.5 Å². The molecule has 0 saturated heterocycles. The number of allylic oxidation sites excluding steroid dienone is 5. The zero-order chi connectivity index (χ0) is 32.5. The molecule has 0 spiro atoms. The van der Waals surface area contributed by atoms with Gasteiger partial charge in [0.2, 0.25) is 0 Å². The van der Waals surface area contributed by atoms with Crippen LogP contribution in [0.3, 0.4) is 0 Å². The lowest BCUT2D eigenvalue weighted by Crippen LogP contribution is -2.43. The summed E-state index contributed by atoms with van der Waals surface area (Å²) in [7, 11) is 3.16. The fourth-order valence-corrected chi connectivity index (χ4v) is 6.34. The van der Waals surface area contributed by atoms with Gasteiger partial charge in [0, 0.05) is 35.1 Å². The van der Waals surface area contributed by atoms with Crippen molar-refractivity contribution in [3.05, 3.63) is 113 Å². The molecule has 8 nitrogen and oxygen atoms in total. The van der Waals surface area contributed by atoms with E-state index in [1.165, 1.54) is 18.2 Å². The summed E-state index contributed by atoms with van der Waals surface area (Å²) in [4.78, 5) is 36.6. The smallest absolute Gasteiger partial charge is 0.183 e. The number of methoxy groups -OCH3 is 2. The molecule has 0 saturated carbocycles. The Morgan fingerprint density at radius 1 is 0.913 bits per heavy atom. The first kappa shape index (κ1) is 30.9. The third-order valence-electron chi connectivity index (χ3n) is 8.80. The van der Waals surface area contributed by atoms with Crippen molar-refractivity contribution in [3.8, 4) is 28.7 Å². The summed E-state index contributed by atoms with van der Waals surface area (Å²) in [5, 5.41) is 0. The molecule has 0 fully saturated rings. The van der Waals surface area contributed by atoms with E-state index in [0.29, 0.717) is 46.7 Å². The zero-order valence-electron chi connectivity index (χ0n) is 26.3. The fourth-order valence-electron chi connectivity index (χ4n) is 6.34. The number of hydrogen-bond donors (Lipinski definition) is 0. The summed E-state index contributed by atoms with van der Waals surface area (Å²) < 4.78 is 29.2. The minimum atomic E-state index is -0.438. The highest BCUT2D eigenvalue weighted by atomic mass is 16.5. The zero-order valence-corrected chi connectivity index (χ0v) is 26.3. The molecular weight excluding hydrogens is 584 g/mol. The van der Waals surface area contributed by atoms with Crippen LogP contribution in [0.4, 0.5) is 0 Å². The van der Waals surface area contributed by atoms with Crippen LogP contribution >= 0.6 is 0 Å². The maximum Gasteiger partial charge on any atom is 0.183 e. The second-order valence-corrected chi connectivity index (χ2v) is 11.9. The van der Waals surface area contributed by atoms with Crippen LogP contribution in [0.5, 0.6) is 28.7 Å². The first-order valence-corrected chi connectivity index (χ1v) is 15.3. The van der Waals surface area contributed by atoms with Crippen LogP contribution in [0, 0.1) is 5.92 Å². The first-order chi connectivity index (χ1) is 22.2. The average molecular weight is 621 g/mol. The number of hydrogen-bond acceptors (Lipinski definition) is 8. The third kappa shape index (κ3) is 5.60. The maximum absolute atomic E-state index is 13.5. The minimum Gasteiger partial charge on any atom is -0.493 e. The van der Waals surface area contributed by atoms with E-state index >= 15 is 0 Å². The number of ether oxygens (including phenoxy) is 5. The Hall–Kier alpha value is -5.11. The molecule has 4 unspecified atom stereocenters. The van der Waals surface area contributed by atoms with Crippen LogP contribution < -0.4 is 23.7 Å². The quantitative estimate of drug-likeness (QED) is 0.232. The average Bonchev–Trinajstić information content (AvgIpc) is 3.52. The van der Waals surface area contributed by atoms with Crippen LogP contribution in [-0.4, -0.2) is 50.4 Å². The normalized spacial score (nSPS) is 21.1. The Kier molecular flexibility index (Phi) is 8.54. The van der Waals surface area contributed by atoms with Gasteiger partial charge in [0.05, 0.1) is 25.7 Å². The number of rotatable bonds is 6. The van der Waals surface area contributed by atoms with Gasteiger partial charge in [-0.3, -0.25) is 14.4 Å². The van der Waals surface area contributed by atoms with Gasteiger partial charge in [-0.2, -0.15) is 0 Å². The van der Waals surface area contributed by atoms with E-state index < -0.39 is 5.92 Å². The Labute approximate surface area is 268 Å². The van der Waals surface area contributed by atoms with Gasteiger partial charge in [0.25, 0.3) is 0 Å². The lowest BCUT2D eigenvalue weighted by molar-refractivity contribution is -0.114. The number of benzene rings is 3. The topological polar surface area (TPSA) is 97.4 Å². The Bertz CT molecular complexity index is 1770. The van der Waals surface area contributed by atoms with Crippen molar-refractivity contribution < 1.29 is 38.1 Å². The fraction of sp³-hybridized carbons (Fsp3) is 0.289. The van der Waals surface area contributed by atoms with Crippen LogP contribution in [0.25, 0.3) is 0 Å². The SMILES string of the molecule is C=CC(C1=CC(=O)C=CC1=O)c1ccccc1.COc1cc2c(cc1OC)C1C(=O)c3ccc4c(c3OC1CO2)CC(C(C)C)O4. The monoisotopic (exact) mass is 620 g/mol. The second-order valence-electron chi connectivity index (χ2n) is 11.9. The standard InChI is InChI=1S/C23H24O6.C15H12O2/c1-11(2)16-8-14-15(28-16)6-5-12-22(24)21-13-7-18(25-3)19(26-4)9-17(13)27-10-20(21)29-23(12)14;1-2-13(11-6-4-3-5-7-11)14-10-12(16)8-9-15(14)17/h5-7,9,11,16,20-21H,8,10H2,1-4H3;2-10,13H,1H2. The highest BCUT2D eigenvalue weighted by molar-refractivity contribution is 6.18. The highest BCUT2D eigenvalue weighted by Crippen LogP contribution is 2.50. The van der Waals surface area contributed by atoms with Crippen molar-refractivity contribution in [2.24, 2.45) is 5.92 Å². The molecule has 7 rings (SSSR count). The van der Waals surface area contributed by atoms with Crippen LogP contribution in [0.15, 0.2) is 91.1 Å². The molecule has 0 radical (unpaired) electrons. The molecule has 3 heterocycles. The van der Waals surface area contributed by atoms with Crippen LogP contribution in [-0.2, 0) is 16.0 Å². The van der Waals surface area contributed by atoms with E-state index in [0.717, 1.165) is 28.9 Å². The molecule has 3 aliphatic heterocycles. The first-order valence-electron chi connectivity index (χ1n) is 15.3. The Morgan fingerprint density at radius 3 is 2.35 bits per heavy atom. The number of Topliss-reactive ketones (excluding diaryl/α,β-unsaturated/α-hetero) is 1. The second kappa shape index (κ2) is 12.7. The summed E-state index contributed by atoms with van der Waals surface area (Å²) in [5.41, 5.74) is 3.82. The van der Waals surface area contributed by atoms with Gasteiger partial charge >= 0.3 is 0 Å². The van der Waals surface area contributed by atoms with Crippen molar-refractivity contribution in [2.45, 2.75) is 44.3 Å². The van der Waals surface area contributed by atoms with Crippen molar-refractivity contribution in [2.75, 3.05) is 20.8 Å². The minimum absolute atomic E-state index is 0.0452. The predicted molar refractivity (Wildman–Crippen MR) is 173 cm³/mol. The van der Waals surface area contributed by atoms with Gasteiger partial charge in [-0.1, -0.05) is 50.3 Å². The van der Waals surface area contributed by atoms with Crippen molar-refractivity contribution in [1.82, 2.24) is 0 Å². The lowest BCUT2D eigenvalue weighted by atomic mass is 9.81. The molecule has 236 valence electrons. The molecule has 0 N–H and O–H groups in total. The summed E-state index contributed by atoms with van der Waals surface area (Å²) in [6.07, 6.45) is 6.16. The molecule has 46 heavy (non-hydrogen) atoms. The molecule has 8 heteroatoms. The van der Waals surface area contributed by atoms with Gasteiger partial charge < -0.3 is 23.7 Å². The number of fused-ring (bicyclic) bond motifs is 6. The van der Waals surface area contributed by atoms with E-state index in [1.54, 1.807) is 26.4 Å². The van der Waals surface area contributed by atoms with E-state index in [9.17, 15) is 14.4 Å². The van der Waals surface area contributed by atoms with Crippen LogP contribution in [0.1, 0.15) is 52.7 Å². The van der Waals surface area contributed by atoms with Gasteiger partial charge in [-0.05, 0) is 47.9 Å². The molecular formula is C38H36O8. The summed E-state index contributed by atoms with van der Waals surface area (Å²) >= 11 is 0. The van der Waals surface area contributed by atoms with Gasteiger partial charge in [0.15, 0.2) is 28.8 Å². The number of carbonyl (C=O) groups is 3. The largest absolute Gasteiger partial charge is 0.493 e. The summed E-state index contributed by atoms with van der Waals surface area (Å²) in [6.45, 7) is 8.32. The number of ketones is 3. The molecule has 0 amide bonds. The molecule has 0 aromatic heterocycles. The molecule has 4 atom stereocenters. The van der Waals surface area contributed by atoms with Crippen LogP contribution in [0.2, 0.25) is 0 Å². The van der Waals surface area contributed by atoms with Gasteiger partial charge in [-0.25, -0.2) is 0 Å². The summed E-state index contributed by atoms with van der Waals surface area (Å²) in [5.74, 6) is 2.74. The van der Waals surface area contributed by atoms with Crippen molar-refractivity contribution >= 4 is 17.3 Å². The van der Waals surface area contributed by atoms with Gasteiger partial charge in [0.1, 0.15) is 36.1 Å². The number of carbonyl (C=O) groups excluding carboxylic acids is 3. The highest BCUT2D eigenvalue weighted by Gasteiger charge is 2.45. The molecule has 1 aliphatic carbocycles. The maximum atomic E-state index is 13.5.